The summed E-state index contributed by atoms with van der Waals surface area (Å²) in [6, 6.07) is 4.38. The second kappa shape index (κ2) is 4.83. The summed E-state index contributed by atoms with van der Waals surface area (Å²) < 4.78 is 0. The van der Waals surface area contributed by atoms with Crippen LogP contribution in [0.2, 0.25) is 0 Å². The third-order valence-electron chi connectivity index (χ3n) is 3.43. The Hall–Kier alpha value is -1.09. The Morgan fingerprint density at radius 2 is 2.19 bits per heavy atom. The van der Waals surface area contributed by atoms with Crippen molar-refractivity contribution in [2.24, 2.45) is 0 Å². The number of hydrogen-bond donors (Lipinski definition) is 0. The van der Waals surface area contributed by atoms with Crippen LogP contribution in [0, 0.1) is 0 Å². The molecule has 0 radical (unpaired) electrons. The van der Waals surface area contributed by atoms with Gasteiger partial charge in [-0.2, -0.15) is 0 Å². The van der Waals surface area contributed by atoms with E-state index in [0.717, 1.165) is 38.4 Å². The Morgan fingerprint density at radius 3 is 2.88 bits per heavy atom. The van der Waals surface area contributed by atoms with E-state index < -0.39 is 0 Å². The van der Waals surface area contributed by atoms with Crippen LogP contribution in [0.3, 0.4) is 0 Å². The molecule has 0 fully saturated rings. The molecule has 1 aliphatic heterocycles. The van der Waals surface area contributed by atoms with Crippen LogP contribution in [0.15, 0.2) is 12.1 Å². The van der Waals surface area contributed by atoms with E-state index in [4.69, 9.17) is 4.98 Å². The SMILES string of the molecule is CCN1CCc2nc(N(C)CC)ccc2C1. The van der Waals surface area contributed by atoms with Crippen molar-refractivity contribution < 1.29 is 0 Å². The zero-order valence-corrected chi connectivity index (χ0v) is 10.5. The Kier molecular flexibility index (Phi) is 3.44. The first-order chi connectivity index (χ1) is 7.74. The van der Waals surface area contributed by atoms with Gasteiger partial charge < -0.3 is 4.90 Å². The monoisotopic (exact) mass is 219 g/mol. The fraction of sp³-hybridized carbons (Fsp3) is 0.615. The molecule has 2 rings (SSSR count). The highest BCUT2D eigenvalue weighted by molar-refractivity contribution is 5.41. The van der Waals surface area contributed by atoms with Gasteiger partial charge in [0.1, 0.15) is 5.82 Å². The molecule has 0 aliphatic carbocycles. The van der Waals surface area contributed by atoms with Crippen molar-refractivity contribution in [3.63, 3.8) is 0 Å². The maximum Gasteiger partial charge on any atom is 0.128 e. The standard InChI is InChI=1S/C13H21N3/c1-4-15(3)13-7-6-11-10-16(5-2)9-8-12(11)14-13/h6-7H,4-5,8-10H2,1-3H3. The summed E-state index contributed by atoms with van der Waals surface area (Å²) >= 11 is 0. The molecule has 0 saturated heterocycles. The molecule has 0 spiro atoms. The average molecular weight is 219 g/mol. The van der Waals surface area contributed by atoms with Gasteiger partial charge in [-0.25, -0.2) is 4.98 Å². The normalized spacial score (nSPS) is 15.9. The van der Waals surface area contributed by atoms with E-state index in [2.05, 4.69) is 42.8 Å². The van der Waals surface area contributed by atoms with Crippen LogP contribution in [0.5, 0.6) is 0 Å². The third kappa shape index (κ3) is 2.19. The number of nitrogens with zero attached hydrogens (tertiary/aromatic N) is 3. The van der Waals surface area contributed by atoms with Gasteiger partial charge >= 0.3 is 0 Å². The van der Waals surface area contributed by atoms with Gasteiger partial charge in [-0.05, 0) is 25.1 Å². The zero-order chi connectivity index (χ0) is 11.5. The smallest absolute Gasteiger partial charge is 0.128 e. The van der Waals surface area contributed by atoms with Gasteiger partial charge in [0.15, 0.2) is 0 Å². The fourth-order valence-electron chi connectivity index (χ4n) is 2.11. The van der Waals surface area contributed by atoms with E-state index in [1.807, 2.05) is 0 Å². The van der Waals surface area contributed by atoms with Gasteiger partial charge in [0.25, 0.3) is 0 Å². The van der Waals surface area contributed by atoms with E-state index in [9.17, 15) is 0 Å². The number of fused-ring (bicyclic) bond motifs is 1. The summed E-state index contributed by atoms with van der Waals surface area (Å²) in [6.45, 7) is 8.73. The molecule has 1 aromatic heterocycles. The summed E-state index contributed by atoms with van der Waals surface area (Å²) in [5.41, 5.74) is 2.70. The summed E-state index contributed by atoms with van der Waals surface area (Å²) in [7, 11) is 2.09. The molecular weight excluding hydrogens is 198 g/mol. The maximum atomic E-state index is 4.75. The molecule has 0 unspecified atom stereocenters. The van der Waals surface area contributed by atoms with Crippen LogP contribution in [-0.4, -0.2) is 36.6 Å². The molecule has 3 heteroatoms. The summed E-state index contributed by atoms with van der Waals surface area (Å²) in [5, 5.41) is 0. The predicted octanol–water partition coefficient (Wildman–Crippen LogP) is 1.92. The van der Waals surface area contributed by atoms with Crippen molar-refractivity contribution >= 4 is 5.82 Å². The molecule has 0 atom stereocenters. The van der Waals surface area contributed by atoms with E-state index >= 15 is 0 Å². The molecular formula is C13H21N3. The zero-order valence-electron chi connectivity index (χ0n) is 10.5. The quantitative estimate of drug-likeness (QED) is 0.774. The molecule has 16 heavy (non-hydrogen) atoms. The van der Waals surface area contributed by atoms with Crippen LogP contribution in [-0.2, 0) is 13.0 Å². The van der Waals surface area contributed by atoms with Gasteiger partial charge in [-0.3, -0.25) is 4.90 Å². The van der Waals surface area contributed by atoms with E-state index in [1.54, 1.807) is 0 Å². The van der Waals surface area contributed by atoms with Crippen molar-refractivity contribution in [3.8, 4) is 0 Å². The van der Waals surface area contributed by atoms with Crippen LogP contribution in [0.1, 0.15) is 25.1 Å². The van der Waals surface area contributed by atoms with Crippen LogP contribution < -0.4 is 4.90 Å². The molecule has 88 valence electrons. The van der Waals surface area contributed by atoms with Gasteiger partial charge in [0.2, 0.25) is 0 Å². The molecule has 0 amide bonds. The van der Waals surface area contributed by atoms with Crippen LogP contribution in [0.25, 0.3) is 0 Å². The highest BCUT2D eigenvalue weighted by Crippen LogP contribution is 2.20. The second-order valence-corrected chi connectivity index (χ2v) is 4.41. The van der Waals surface area contributed by atoms with E-state index in [1.165, 1.54) is 11.3 Å². The van der Waals surface area contributed by atoms with Crippen molar-refractivity contribution in [2.75, 3.05) is 31.6 Å². The Bertz CT molecular complexity index is 362. The number of likely N-dealkylation sites (N-methyl/N-ethyl adjacent to an activating group) is 1. The van der Waals surface area contributed by atoms with Crippen molar-refractivity contribution in [3.05, 3.63) is 23.4 Å². The van der Waals surface area contributed by atoms with Gasteiger partial charge in [0.05, 0.1) is 0 Å². The minimum Gasteiger partial charge on any atom is -0.360 e. The van der Waals surface area contributed by atoms with Gasteiger partial charge in [-0.1, -0.05) is 13.0 Å². The van der Waals surface area contributed by atoms with Crippen molar-refractivity contribution in [1.82, 2.24) is 9.88 Å². The first-order valence-corrected chi connectivity index (χ1v) is 6.16. The predicted molar refractivity (Wildman–Crippen MR) is 67.8 cm³/mol. The molecule has 0 saturated carbocycles. The molecule has 3 nitrogen and oxygen atoms in total. The molecule has 0 aromatic carbocycles. The largest absolute Gasteiger partial charge is 0.360 e. The molecule has 2 heterocycles. The van der Waals surface area contributed by atoms with Crippen molar-refractivity contribution in [2.45, 2.75) is 26.8 Å². The lowest BCUT2D eigenvalue weighted by Crippen LogP contribution is -2.31. The van der Waals surface area contributed by atoms with Crippen LogP contribution >= 0.6 is 0 Å². The lowest BCUT2D eigenvalue weighted by molar-refractivity contribution is 0.266. The topological polar surface area (TPSA) is 19.4 Å². The molecule has 1 aromatic rings. The summed E-state index contributed by atoms with van der Waals surface area (Å²) in [6.07, 6.45) is 1.09. The Labute approximate surface area is 98.1 Å². The van der Waals surface area contributed by atoms with E-state index in [0.29, 0.717) is 0 Å². The number of aromatic nitrogens is 1. The van der Waals surface area contributed by atoms with Gasteiger partial charge in [-0.15, -0.1) is 0 Å². The third-order valence-corrected chi connectivity index (χ3v) is 3.43. The molecule has 0 N–H and O–H groups in total. The van der Waals surface area contributed by atoms with Crippen molar-refractivity contribution in [1.29, 1.82) is 0 Å². The minimum absolute atomic E-state index is 1.01. The highest BCUT2D eigenvalue weighted by Gasteiger charge is 2.16. The van der Waals surface area contributed by atoms with E-state index in [-0.39, 0.29) is 0 Å². The minimum atomic E-state index is 1.01. The van der Waals surface area contributed by atoms with Crippen LogP contribution in [0.4, 0.5) is 5.82 Å². The first-order valence-electron chi connectivity index (χ1n) is 6.16. The first kappa shape index (κ1) is 11.4. The molecule has 1 aliphatic rings. The number of rotatable bonds is 3. The number of pyridine rings is 1. The number of hydrogen-bond acceptors (Lipinski definition) is 3. The number of anilines is 1. The lowest BCUT2D eigenvalue weighted by Gasteiger charge is -2.28. The Morgan fingerprint density at radius 1 is 1.38 bits per heavy atom. The Balaban J connectivity index is 2.21. The highest BCUT2D eigenvalue weighted by atomic mass is 15.2. The summed E-state index contributed by atoms with van der Waals surface area (Å²) in [5.74, 6) is 1.10. The maximum absolute atomic E-state index is 4.75. The summed E-state index contributed by atoms with van der Waals surface area (Å²) in [4.78, 5) is 9.40. The average Bonchev–Trinajstić information content (AvgIpc) is 2.36. The fourth-order valence-corrected chi connectivity index (χ4v) is 2.11. The van der Waals surface area contributed by atoms with Gasteiger partial charge in [0, 0.05) is 38.8 Å². The molecule has 0 bridgehead atoms. The second-order valence-electron chi connectivity index (χ2n) is 4.41. The lowest BCUT2D eigenvalue weighted by atomic mass is 10.1.